The normalized spacial score (nSPS) is 13.0. The Morgan fingerprint density at radius 2 is 2.06 bits per heavy atom. The van der Waals surface area contributed by atoms with Crippen molar-refractivity contribution in [1.82, 2.24) is 10.3 Å². The molecule has 1 N–H and O–H groups in total. The largest absolute Gasteiger partial charge is 0.310 e. The summed E-state index contributed by atoms with van der Waals surface area (Å²) in [6.45, 7) is 9.86. The highest BCUT2D eigenvalue weighted by atomic mass is 14.9. The Bertz CT molecular complexity index is 320. The Kier molecular flexibility index (Phi) is 6.20. The molecule has 0 aliphatic carbocycles. The molecule has 0 saturated carbocycles. The quantitative estimate of drug-likeness (QED) is 0.774. The molecule has 2 nitrogen and oxygen atoms in total. The summed E-state index contributed by atoms with van der Waals surface area (Å²) in [6, 6.07) is 4.70. The van der Waals surface area contributed by atoms with Crippen LogP contribution in [0.2, 0.25) is 0 Å². The van der Waals surface area contributed by atoms with Crippen LogP contribution in [-0.4, -0.2) is 11.5 Å². The fourth-order valence-electron chi connectivity index (χ4n) is 2.21. The first-order valence-corrected chi connectivity index (χ1v) is 6.80. The van der Waals surface area contributed by atoms with Crippen LogP contribution in [0.3, 0.4) is 0 Å². The monoisotopic (exact) mass is 234 g/mol. The molecule has 1 heterocycles. The molecular formula is C15H26N2. The zero-order chi connectivity index (χ0) is 12.7. The molecule has 0 fully saturated rings. The van der Waals surface area contributed by atoms with Gasteiger partial charge in [0.05, 0.1) is 0 Å². The molecule has 1 unspecified atom stereocenters. The van der Waals surface area contributed by atoms with Crippen molar-refractivity contribution in [1.29, 1.82) is 0 Å². The van der Waals surface area contributed by atoms with Gasteiger partial charge in [-0.15, -0.1) is 0 Å². The summed E-state index contributed by atoms with van der Waals surface area (Å²) in [4.78, 5) is 4.39. The smallest absolute Gasteiger partial charge is 0.0420 e. The van der Waals surface area contributed by atoms with E-state index >= 15 is 0 Å². The molecule has 0 bridgehead atoms. The van der Waals surface area contributed by atoms with Crippen molar-refractivity contribution in [3.63, 3.8) is 0 Å². The first-order chi connectivity index (χ1) is 8.15. The zero-order valence-corrected chi connectivity index (χ0v) is 11.7. The Labute approximate surface area is 106 Å². The predicted molar refractivity (Wildman–Crippen MR) is 74.1 cm³/mol. The number of aromatic nitrogens is 1. The third kappa shape index (κ3) is 4.86. The van der Waals surface area contributed by atoms with Gasteiger partial charge in [-0.25, -0.2) is 0 Å². The number of nitrogens with zero attached hydrogens (tertiary/aromatic N) is 1. The van der Waals surface area contributed by atoms with Gasteiger partial charge in [0.1, 0.15) is 0 Å². The minimum atomic E-state index is 0.465. The second kappa shape index (κ2) is 7.44. The maximum atomic E-state index is 4.39. The topological polar surface area (TPSA) is 24.9 Å². The van der Waals surface area contributed by atoms with Gasteiger partial charge in [0.2, 0.25) is 0 Å². The number of rotatable bonds is 7. The molecule has 0 saturated heterocycles. The summed E-state index contributed by atoms with van der Waals surface area (Å²) in [5, 5.41) is 3.57. The van der Waals surface area contributed by atoms with Gasteiger partial charge in [0, 0.05) is 17.9 Å². The highest BCUT2D eigenvalue weighted by Crippen LogP contribution is 2.22. The van der Waals surface area contributed by atoms with Crippen LogP contribution in [0.5, 0.6) is 0 Å². The Morgan fingerprint density at radius 3 is 2.65 bits per heavy atom. The Morgan fingerprint density at radius 1 is 1.29 bits per heavy atom. The Hall–Kier alpha value is -0.890. The molecule has 1 aromatic heterocycles. The van der Waals surface area contributed by atoms with Gasteiger partial charge in [0.25, 0.3) is 0 Å². The van der Waals surface area contributed by atoms with Gasteiger partial charge < -0.3 is 5.32 Å². The lowest BCUT2D eigenvalue weighted by molar-refractivity contribution is 0.453. The van der Waals surface area contributed by atoms with Gasteiger partial charge in [-0.05, 0) is 37.4 Å². The molecule has 1 atom stereocenters. The van der Waals surface area contributed by atoms with E-state index < -0.39 is 0 Å². The summed E-state index contributed by atoms with van der Waals surface area (Å²) >= 11 is 0. The molecule has 96 valence electrons. The van der Waals surface area contributed by atoms with Crippen LogP contribution in [0.25, 0.3) is 0 Å². The standard InChI is InChI=1S/C15H26N2/c1-5-16-15(10-6-8-12(2)3)14-9-7-11-17-13(14)4/h7,9,11-12,15-16H,5-6,8,10H2,1-4H3. The molecule has 0 amide bonds. The average molecular weight is 234 g/mol. The lowest BCUT2D eigenvalue weighted by Gasteiger charge is -2.20. The second-order valence-electron chi connectivity index (χ2n) is 5.11. The number of pyridine rings is 1. The van der Waals surface area contributed by atoms with Crippen molar-refractivity contribution in [3.05, 3.63) is 29.6 Å². The van der Waals surface area contributed by atoms with Gasteiger partial charge in [-0.2, -0.15) is 0 Å². The average Bonchev–Trinajstić information content (AvgIpc) is 2.28. The SMILES string of the molecule is CCNC(CCCC(C)C)c1cccnc1C. The van der Waals surface area contributed by atoms with Crippen molar-refractivity contribution in [2.45, 2.75) is 53.0 Å². The molecule has 1 rings (SSSR count). The van der Waals surface area contributed by atoms with Crippen LogP contribution in [0.4, 0.5) is 0 Å². The van der Waals surface area contributed by atoms with E-state index in [1.807, 2.05) is 12.3 Å². The summed E-state index contributed by atoms with van der Waals surface area (Å²) in [5.41, 5.74) is 2.51. The van der Waals surface area contributed by atoms with Crippen molar-refractivity contribution < 1.29 is 0 Å². The highest BCUT2D eigenvalue weighted by molar-refractivity contribution is 5.22. The first-order valence-electron chi connectivity index (χ1n) is 6.80. The molecule has 0 aliphatic rings. The van der Waals surface area contributed by atoms with E-state index in [4.69, 9.17) is 0 Å². The molecule has 0 aromatic carbocycles. The minimum Gasteiger partial charge on any atom is -0.310 e. The van der Waals surface area contributed by atoms with Crippen LogP contribution in [0.1, 0.15) is 57.3 Å². The van der Waals surface area contributed by atoms with Crippen LogP contribution in [-0.2, 0) is 0 Å². The van der Waals surface area contributed by atoms with E-state index in [9.17, 15) is 0 Å². The Balaban J connectivity index is 2.62. The van der Waals surface area contributed by atoms with E-state index in [0.717, 1.165) is 18.2 Å². The van der Waals surface area contributed by atoms with Crippen molar-refractivity contribution in [2.24, 2.45) is 5.92 Å². The van der Waals surface area contributed by atoms with Crippen LogP contribution in [0.15, 0.2) is 18.3 Å². The van der Waals surface area contributed by atoms with Gasteiger partial charge in [0.15, 0.2) is 0 Å². The number of hydrogen-bond acceptors (Lipinski definition) is 2. The van der Waals surface area contributed by atoms with E-state index in [1.165, 1.54) is 24.8 Å². The van der Waals surface area contributed by atoms with Gasteiger partial charge in [-0.1, -0.05) is 39.7 Å². The van der Waals surface area contributed by atoms with Crippen molar-refractivity contribution >= 4 is 0 Å². The fraction of sp³-hybridized carbons (Fsp3) is 0.667. The predicted octanol–water partition coefficient (Wildman–Crippen LogP) is 3.87. The molecule has 0 aliphatic heterocycles. The minimum absolute atomic E-state index is 0.465. The third-order valence-electron chi connectivity index (χ3n) is 3.15. The lowest BCUT2D eigenvalue weighted by atomic mass is 9.97. The van der Waals surface area contributed by atoms with Crippen molar-refractivity contribution in [2.75, 3.05) is 6.54 Å². The fourth-order valence-corrected chi connectivity index (χ4v) is 2.21. The molecule has 17 heavy (non-hydrogen) atoms. The maximum absolute atomic E-state index is 4.39. The van der Waals surface area contributed by atoms with Crippen LogP contribution in [0, 0.1) is 12.8 Å². The summed E-state index contributed by atoms with van der Waals surface area (Å²) in [6.07, 6.45) is 5.67. The first kappa shape index (κ1) is 14.2. The maximum Gasteiger partial charge on any atom is 0.0420 e. The summed E-state index contributed by atoms with van der Waals surface area (Å²) in [5.74, 6) is 0.798. The zero-order valence-electron chi connectivity index (χ0n) is 11.7. The van der Waals surface area contributed by atoms with Gasteiger partial charge in [-0.3, -0.25) is 4.98 Å². The highest BCUT2D eigenvalue weighted by Gasteiger charge is 2.12. The summed E-state index contributed by atoms with van der Waals surface area (Å²) in [7, 11) is 0. The second-order valence-corrected chi connectivity index (χ2v) is 5.11. The van der Waals surface area contributed by atoms with Crippen LogP contribution >= 0.6 is 0 Å². The van der Waals surface area contributed by atoms with E-state index in [2.05, 4.69) is 44.1 Å². The number of nitrogens with one attached hydrogen (secondary N) is 1. The summed E-state index contributed by atoms with van der Waals surface area (Å²) < 4.78 is 0. The molecule has 0 radical (unpaired) electrons. The van der Waals surface area contributed by atoms with Gasteiger partial charge >= 0.3 is 0 Å². The number of hydrogen-bond donors (Lipinski definition) is 1. The van der Waals surface area contributed by atoms with Crippen molar-refractivity contribution in [3.8, 4) is 0 Å². The lowest BCUT2D eigenvalue weighted by Crippen LogP contribution is -2.22. The van der Waals surface area contributed by atoms with E-state index in [0.29, 0.717) is 6.04 Å². The number of aryl methyl sites for hydroxylation is 1. The molecule has 1 aromatic rings. The van der Waals surface area contributed by atoms with Crippen LogP contribution < -0.4 is 5.32 Å². The third-order valence-corrected chi connectivity index (χ3v) is 3.15. The van der Waals surface area contributed by atoms with E-state index in [-0.39, 0.29) is 0 Å². The molecule has 2 heteroatoms. The molecular weight excluding hydrogens is 208 g/mol. The molecule has 0 spiro atoms. The van der Waals surface area contributed by atoms with E-state index in [1.54, 1.807) is 0 Å².